The maximum absolute atomic E-state index is 14.9. The lowest BCUT2D eigenvalue weighted by Gasteiger charge is -2.28. The first kappa shape index (κ1) is 97.2. The highest BCUT2D eigenvalue weighted by Crippen LogP contribution is 2.48. The van der Waals surface area contributed by atoms with Crippen molar-refractivity contribution in [2.45, 2.75) is 133 Å². The van der Waals surface area contributed by atoms with E-state index in [2.05, 4.69) is 54.2 Å². The minimum atomic E-state index is -3.96. The third kappa shape index (κ3) is 20.2. The van der Waals surface area contributed by atoms with Crippen molar-refractivity contribution in [2.75, 3.05) is 126 Å². The van der Waals surface area contributed by atoms with E-state index < -0.39 is 97.4 Å². The Balaban J connectivity index is 0.000000128. The number of hydrogen-bond donors (Lipinski definition) is 4. The molecule has 16 heterocycles. The van der Waals surface area contributed by atoms with E-state index in [1.54, 1.807) is 56.0 Å². The predicted molar refractivity (Wildman–Crippen MR) is 505 cm³/mol. The zero-order chi connectivity index (χ0) is 98.5. The number of carbonyl (C=O) groups is 4. The van der Waals surface area contributed by atoms with Crippen molar-refractivity contribution in [1.82, 2.24) is 66.0 Å². The molecule has 4 amide bonds. The van der Waals surface area contributed by atoms with Gasteiger partial charge in [-0.1, -0.05) is 6.92 Å². The standard InChI is InChI=1S/C24H28FN5O5S.C24H27FN4O5S.C23H25FN4O5S.C22H24FN5O5S/c1-3-28(2)36(32,33)27-24(31)18-15-26-30-9-7-17(14-21(18)30)29-8-4-6-20(29)16-12-19(25)23-22(13-16)34-10-5-11-35-23;1-24(2,3)35(31,32)27-23(30)17-14-26-29-8-6-16(13-20(17)29)28-7-4-5-19(28)15-11-18(25)22-21(12-15)33-9-10-34-22;1-14(2)34(30,31)26-23(29)17-13-25-28-7-5-16(12-20(17)28)27-6-3-4-19(27)15-10-18(24)22-21(11-15)32-8-9-33-22;1-26(2)34(30,31)25-22(29)16-13-24-28-7-5-15(12-19(16)28)27-6-3-4-18(27)14-10-17(23)21-20(11-14)32-8-9-33-21/h7,9,12-15,20H,3-6,8,10-11H2,1-2H3,(H,27,31);6,8,11-14,19H,4-5,7,9-10H2,1-3H3,(H,27,30);5,7,10-14,19H,3-4,6,8-9H2,1-2H3,(H,26,29);5,7,10-13,18H,3-4,6,8-9H2,1-2H3,(H,25,29)/t20-;;;/m1.../s1. The molecule has 4 fully saturated rings. The summed E-state index contributed by atoms with van der Waals surface area (Å²) in [7, 11) is -11.5. The molecule has 8 aliphatic rings. The van der Waals surface area contributed by atoms with Gasteiger partial charge in [0, 0.05) is 108 Å². The van der Waals surface area contributed by atoms with Crippen LogP contribution in [0.1, 0.15) is 187 Å². The van der Waals surface area contributed by atoms with Crippen LogP contribution in [0.3, 0.4) is 0 Å². The minimum absolute atomic E-state index is 0.0886. The Morgan fingerprint density at radius 2 is 0.662 bits per heavy atom. The van der Waals surface area contributed by atoms with Crippen LogP contribution < -0.4 is 76.4 Å². The number of nitrogens with zero attached hydrogens (tertiary/aromatic N) is 14. The zero-order valence-corrected chi connectivity index (χ0v) is 80.6. The van der Waals surface area contributed by atoms with Crippen LogP contribution in [-0.4, -0.2) is 221 Å². The quantitative estimate of drug-likeness (QED) is 0.0515. The lowest BCUT2D eigenvalue weighted by atomic mass is 10.0. The first-order valence-corrected chi connectivity index (χ1v) is 51.2. The molecule has 46 heteroatoms. The summed E-state index contributed by atoms with van der Waals surface area (Å²) >= 11 is 0. The fourth-order valence-corrected chi connectivity index (χ4v) is 20.3. The highest BCUT2D eigenvalue weighted by molar-refractivity contribution is 7.91. The van der Waals surface area contributed by atoms with Gasteiger partial charge in [0.25, 0.3) is 23.6 Å². The van der Waals surface area contributed by atoms with E-state index >= 15 is 0 Å². The predicted octanol–water partition coefficient (Wildman–Crippen LogP) is 11.5. The Hall–Kier alpha value is -13.4. The van der Waals surface area contributed by atoms with Crippen molar-refractivity contribution in [3.8, 4) is 46.0 Å². The number of carbonyl (C=O) groups excluding carboxylic acids is 4. The van der Waals surface area contributed by atoms with E-state index in [-0.39, 0.29) is 76.0 Å². The molecule has 4 N–H and O–H groups in total. The normalized spacial score (nSPS) is 18.0. The highest BCUT2D eigenvalue weighted by Gasteiger charge is 2.39. The Bertz CT molecular complexity index is 7050. The van der Waals surface area contributed by atoms with Crippen molar-refractivity contribution >= 4 is 109 Å². The number of aromatic nitrogens is 8. The maximum Gasteiger partial charge on any atom is 0.303 e. The molecule has 38 nitrogen and oxygen atoms in total. The number of sulfonamides is 2. The average Bonchev–Trinajstić information content (AvgIpc) is 1.70. The molecule has 4 atom stereocenters. The van der Waals surface area contributed by atoms with Gasteiger partial charge in [-0.3, -0.25) is 19.2 Å². The van der Waals surface area contributed by atoms with Crippen LogP contribution in [-0.2, 0) is 40.5 Å². The molecule has 3 unspecified atom stereocenters. The number of rotatable bonds is 20. The summed E-state index contributed by atoms with van der Waals surface area (Å²) in [6, 6.07) is 27.6. The van der Waals surface area contributed by atoms with E-state index in [1.165, 1.54) is 123 Å². The Kier molecular flexibility index (Phi) is 27.6. The van der Waals surface area contributed by atoms with Crippen molar-refractivity contribution in [1.29, 1.82) is 0 Å². The third-order valence-electron chi connectivity index (χ3n) is 25.2. The van der Waals surface area contributed by atoms with Crippen LogP contribution in [0.4, 0.5) is 40.3 Å². The van der Waals surface area contributed by atoms with Crippen molar-refractivity contribution < 1.29 is 108 Å². The molecule has 8 aromatic heterocycles. The summed E-state index contributed by atoms with van der Waals surface area (Å²) in [5.74, 6) is -2.57. The van der Waals surface area contributed by atoms with Gasteiger partial charge in [0.1, 0.15) is 39.6 Å². The highest BCUT2D eigenvalue weighted by atomic mass is 32.2. The second-order valence-corrected chi connectivity index (χ2v) is 43.9. The number of ether oxygens (including phenoxy) is 8. The molecule has 20 rings (SSSR count). The molecular weight excluding hydrogens is 1890 g/mol. The number of hydrogen-bond acceptors (Lipinski definition) is 28. The first-order chi connectivity index (χ1) is 66.3. The number of fused-ring (bicyclic) bond motifs is 8. The fraction of sp³-hybridized carbons (Fsp3) is 0.398. The topological polar surface area (TPSA) is 415 Å². The molecule has 0 bridgehead atoms. The zero-order valence-electron chi connectivity index (χ0n) is 77.4. The molecule has 4 aromatic carbocycles. The van der Waals surface area contributed by atoms with Crippen LogP contribution in [0.15, 0.2) is 147 Å². The number of nitrogens with one attached hydrogen (secondary N) is 4. The van der Waals surface area contributed by atoms with Gasteiger partial charge in [0.2, 0.25) is 20.0 Å². The summed E-state index contributed by atoms with van der Waals surface area (Å²) in [4.78, 5) is 59.6. The molecule has 0 aliphatic carbocycles. The van der Waals surface area contributed by atoms with Gasteiger partial charge < -0.3 is 57.5 Å². The fourth-order valence-electron chi connectivity index (χ4n) is 17.7. The Labute approximate surface area is 798 Å². The Morgan fingerprint density at radius 3 is 0.957 bits per heavy atom. The Morgan fingerprint density at radius 1 is 0.388 bits per heavy atom. The van der Waals surface area contributed by atoms with E-state index in [0.717, 1.165) is 131 Å². The van der Waals surface area contributed by atoms with Crippen molar-refractivity contribution in [3.63, 3.8) is 0 Å². The van der Waals surface area contributed by atoms with Crippen molar-refractivity contribution in [3.05, 3.63) is 214 Å². The first-order valence-electron chi connectivity index (χ1n) is 45.3. The SMILES string of the molecule is CC(C)(C)S(=O)(=O)NC(=O)c1cnn2ccc(N3CCCC3c3cc(F)c4c(c3)OCCO4)cc12.CC(C)S(=O)(=O)NC(=O)c1cnn2ccc(N3CCCC3c3cc(F)c4c(c3)OCCO4)cc12.CCN(C)S(=O)(=O)NC(=O)c1cnn2ccc(N3CCC[C@@H]3c3cc(F)c4c(c3)OCCCO4)cc12.CN(C)S(=O)(=O)NC(=O)c1cnn2ccc(N3CCCC3c3cc(F)c4c(c3)OCCO4)cc12. The second-order valence-electron chi connectivity index (χ2n) is 35.6. The summed E-state index contributed by atoms with van der Waals surface area (Å²) in [5.41, 5.74) is 8.89. The maximum atomic E-state index is 14.9. The van der Waals surface area contributed by atoms with Gasteiger partial charge in [0.15, 0.2) is 69.3 Å². The van der Waals surface area contributed by atoms with Gasteiger partial charge in [-0.25, -0.2) is 71.3 Å². The van der Waals surface area contributed by atoms with Gasteiger partial charge in [-0.15, -0.1) is 0 Å². The number of anilines is 4. The van der Waals surface area contributed by atoms with Gasteiger partial charge in [0.05, 0.1) is 116 Å². The number of amides is 4. The molecule has 0 saturated carbocycles. The van der Waals surface area contributed by atoms with E-state index in [0.29, 0.717) is 104 Å². The molecule has 139 heavy (non-hydrogen) atoms. The summed E-state index contributed by atoms with van der Waals surface area (Å²) in [5, 5.41) is 16.0. The van der Waals surface area contributed by atoms with Crippen LogP contribution >= 0.6 is 0 Å². The monoisotopic (exact) mass is 2000 g/mol. The van der Waals surface area contributed by atoms with E-state index in [9.17, 15) is 70.4 Å². The smallest absolute Gasteiger partial charge is 0.303 e. The lowest BCUT2D eigenvalue weighted by molar-refractivity contribution is 0.0972. The summed E-state index contributed by atoms with van der Waals surface area (Å²) in [6.07, 6.45) is 19.8. The minimum Gasteiger partial charge on any atom is -0.489 e. The molecule has 738 valence electrons. The number of pyridine rings is 4. The van der Waals surface area contributed by atoms with Crippen LogP contribution in [0.5, 0.6) is 46.0 Å². The van der Waals surface area contributed by atoms with Crippen LogP contribution in [0.25, 0.3) is 22.1 Å². The number of benzene rings is 4. The third-order valence-corrected chi connectivity index (χ3v) is 31.9. The molecule has 4 saturated heterocycles. The van der Waals surface area contributed by atoms with Gasteiger partial charge >= 0.3 is 20.4 Å². The van der Waals surface area contributed by atoms with Gasteiger partial charge in [-0.2, -0.15) is 45.8 Å². The summed E-state index contributed by atoms with van der Waals surface area (Å²) in [6.45, 7) is 15.4. The number of halogens is 4. The van der Waals surface area contributed by atoms with Gasteiger partial charge in [-0.05, 0) is 205 Å². The molecular formula is C93H104F4N18O20S4. The molecule has 0 radical (unpaired) electrons. The lowest BCUT2D eigenvalue weighted by Crippen LogP contribution is -2.42. The largest absolute Gasteiger partial charge is 0.489 e. The van der Waals surface area contributed by atoms with E-state index in [1.807, 2.05) is 53.3 Å². The molecule has 12 aromatic rings. The average molecular weight is 2000 g/mol. The van der Waals surface area contributed by atoms with E-state index in [4.69, 9.17) is 37.9 Å². The van der Waals surface area contributed by atoms with Crippen molar-refractivity contribution in [2.24, 2.45) is 0 Å². The summed E-state index contributed by atoms with van der Waals surface area (Å²) < 4.78 is 217. The molecule has 8 aliphatic heterocycles. The molecule has 0 spiro atoms. The van der Waals surface area contributed by atoms with Crippen LogP contribution in [0.2, 0.25) is 0 Å². The van der Waals surface area contributed by atoms with Crippen LogP contribution in [0, 0.1) is 23.3 Å². The second kappa shape index (κ2) is 39.4.